The van der Waals surface area contributed by atoms with Crippen LogP contribution in [0.5, 0.6) is 0 Å². The highest BCUT2D eigenvalue weighted by atomic mass is 32.2. The van der Waals surface area contributed by atoms with Crippen LogP contribution in [0.2, 0.25) is 0 Å². The second-order valence-electron chi connectivity index (χ2n) is 6.88. The summed E-state index contributed by atoms with van der Waals surface area (Å²) >= 11 is 0. The van der Waals surface area contributed by atoms with Gasteiger partial charge in [0, 0.05) is 38.9 Å². The summed E-state index contributed by atoms with van der Waals surface area (Å²) < 4.78 is 66.9. The second-order valence-corrected chi connectivity index (χ2v) is 8.82. The van der Waals surface area contributed by atoms with Crippen molar-refractivity contribution in [2.45, 2.75) is 17.6 Å². The molecule has 29 heavy (non-hydrogen) atoms. The predicted molar refractivity (Wildman–Crippen MR) is 101 cm³/mol. The second kappa shape index (κ2) is 7.43. The lowest BCUT2D eigenvalue weighted by atomic mass is 10.2. The lowest BCUT2D eigenvalue weighted by Crippen LogP contribution is -2.48. The summed E-state index contributed by atoms with van der Waals surface area (Å²) in [5, 5.41) is 0. The normalized spacial score (nSPS) is 17.1. The molecule has 1 aromatic carbocycles. The maximum Gasteiger partial charge on any atom is 0.416 e. The molecule has 1 saturated heterocycles. The molecule has 4 rings (SSSR count). The number of hydrogen-bond donors (Lipinski definition) is 0. The van der Waals surface area contributed by atoms with Crippen molar-refractivity contribution >= 4 is 15.7 Å². The number of sulfonamides is 1. The molecule has 0 unspecified atom stereocenters. The average molecular weight is 424 g/mol. The largest absolute Gasteiger partial charge is 0.416 e. The minimum absolute atomic E-state index is 0.124. The molecule has 0 N–H and O–H groups in total. The number of hydrogen-bond acceptors (Lipinski definition) is 4. The summed E-state index contributed by atoms with van der Waals surface area (Å²) in [4.78, 5) is 6.36. The summed E-state index contributed by atoms with van der Waals surface area (Å²) in [5.41, 5.74) is 1.000. The third-order valence-electron chi connectivity index (χ3n) is 5.03. The molecular formula is C19H19F3N4O2S. The van der Waals surface area contributed by atoms with Gasteiger partial charge in [0.25, 0.3) is 0 Å². The summed E-state index contributed by atoms with van der Waals surface area (Å²) in [5.74, 6) is 0. The van der Waals surface area contributed by atoms with Crippen molar-refractivity contribution in [3.63, 3.8) is 0 Å². The zero-order valence-corrected chi connectivity index (χ0v) is 16.2. The number of rotatable bonds is 4. The Kier molecular flexibility index (Phi) is 5.09. The third kappa shape index (κ3) is 4.00. The minimum atomic E-state index is -4.49. The molecule has 1 aliphatic rings. The van der Waals surface area contributed by atoms with Gasteiger partial charge in [-0.1, -0.05) is 6.07 Å². The summed E-state index contributed by atoms with van der Waals surface area (Å²) in [6, 6.07) is 9.38. The van der Waals surface area contributed by atoms with Crippen LogP contribution in [-0.2, 0) is 22.7 Å². The third-order valence-corrected chi connectivity index (χ3v) is 6.94. The molecule has 3 aromatic rings. The van der Waals surface area contributed by atoms with E-state index in [1.807, 2.05) is 28.8 Å². The van der Waals surface area contributed by atoms with Gasteiger partial charge in [0.15, 0.2) is 0 Å². The monoisotopic (exact) mass is 424 g/mol. The van der Waals surface area contributed by atoms with Gasteiger partial charge in [-0.2, -0.15) is 17.5 Å². The van der Waals surface area contributed by atoms with Crippen molar-refractivity contribution in [2.75, 3.05) is 26.2 Å². The van der Waals surface area contributed by atoms with Crippen molar-refractivity contribution < 1.29 is 21.6 Å². The molecule has 1 aliphatic heterocycles. The molecule has 3 heterocycles. The maximum absolute atomic E-state index is 12.8. The molecule has 0 spiro atoms. The Morgan fingerprint density at radius 1 is 0.966 bits per heavy atom. The Bertz CT molecular complexity index is 1100. The Morgan fingerprint density at radius 3 is 2.31 bits per heavy atom. The molecule has 0 aliphatic carbocycles. The van der Waals surface area contributed by atoms with Crippen molar-refractivity contribution in [1.29, 1.82) is 0 Å². The van der Waals surface area contributed by atoms with Crippen LogP contribution < -0.4 is 0 Å². The lowest BCUT2D eigenvalue weighted by molar-refractivity contribution is -0.137. The lowest BCUT2D eigenvalue weighted by Gasteiger charge is -2.33. The van der Waals surface area contributed by atoms with Gasteiger partial charge >= 0.3 is 6.18 Å². The molecule has 154 valence electrons. The standard InChI is InChI=1S/C19H19F3N4O2S/c20-19(21,22)15-4-6-17(7-5-15)29(27,28)25-11-9-24(10-12-25)14-16-13-23-18-3-1-2-8-26(16)18/h1-8,13H,9-12,14H2. The zero-order chi connectivity index (χ0) is 20.6. The molecule has 2 aromatic heterocycles. The van der Waals surface area contributed by atoms with E-state index in [1.54, 1.807) is 6.20 Å². The quantitative estimate of drug-likeness (QED) is 0.646. The van der Waals surface area contributed by atoms with Gasteiger partial charge in [-0.05, 0) is 36.4 Å². The molecular weight excluding hydrogens is 405 g/mol. The van der Waals surface area contributed by atoms with Crippen LogP contribution in [0.15, 0.2) is 59.8 Å². The molecule has 10 heteroatoms. The van der Waals surface area contributed by atoms with Crippen molar-refractivity contribution in [2.24, 2.45) is 0 Å². The molecule has 0 bridgehead atoms. The highest BCUT2D eigenvalue weighted by Crippen LogP contribution is 2.30. The molecule has 0 amide bonds. The van der Waals surface area contributed by atoms with Crippen LogP contribution in [0.3, 0.4) is 0 Å². The SMILES string of the molecule is O=S(=O)(c1ccc(C(F)(F)F)cc1)N1CCN(Cc2cnc3ccccn23)CC1. The average Bonchev–Trinajstić information content (AvgIpc) is 3.11. The zero-order valence-electron chi connectivity index (χ0n) is 15.4. The van der Waals surface area contributed by atoms with Gasteiger partial charge in [0.1, 0.15) is 5.65 Å². The number of fused-ring (bicyclic) bond motifs is 1. The van der Waals surface area contributed by atoms with Crippen LogP contribution in [0, 0.1) is 0 Å². The summed E-state index contributed by atoms with van der Waals surface area (Å²) in [6.45, 7) is 2.25. The Morgan fingerprint density at radius 2 is 1.66 bits per heavy atom. The number of imidazole rings is 1. The van der Waals surface area contributed by atoms with Gasteiger partial charge in [-0.3, -0.25) is 4.90 Å². The van der Waals surface area contributed by atoms with Crippen molar-refractivity contribution in [1.82, 2.24) is 18.6 Å². The number of nitrogens with zero attached hydrogens (tertiary/aromatic N) is 4. The van der Waals surface area contributed by atoms with E-state index in [9.17, 15) is 21.6 Å². The molecule has 0 saturated carbocycles. The van der Waals surface area contributed by atoms with Gasteiger partial charge < -0.3 is 4.40 Å². The Hall–Kier alpha value is -2.43. The Balaban J connectivity index is 1.42. The number of benzene rings is 1. The highest BCUT2D eigenvalue weighted by molar-refractivity contribution is 7.89. The molecule has 6 nitrogen and oxygen atoms in total. The van der Waals surface area contributed by atoms with E-state index in [0.717, 1.165) is 35.6 Å². The summed E-state index contributed by atoms with van der Waals surface area (Å²) in [7, 11) is -3.82. The fourth-order valence-electron chi connectivity index (χ4n) is 3.42. The first kappa shape index (κ1) is 19.9. The Labute approximate surface area is 166 Å². The number of pyridine rings is 1. The van der Waals surface area contributed by atoms with Crippen LogP contribution in [0.4, 0.5) is 13.2 Å². The minimum Gasteiger partial charge on any atom is -0.303 e. The highest BCUT2D eigenvalue weighted by Gasteiger charge is 2.32. The topological polar surface area (TPSA) is 57.9 Å². The van der Waals surface area contributed by atoms with Crippen LogP contribution in [0.1, 0.15) is 11.3 Å². The molecule has 0 radical (unpaired) electrons. The van der Waals surface area contributed by atoms with E-state index in [0.29, 0.717) is 19.6 Å². The first-order chi connectivity index (χ1) is 13.7. The van der Waals surface area contributed by atoms with Crippen LogP contribution >= 0.6 is 0 Å². The van der Waals surface area contributed by atoms with E-state index in [1.165, 1.54) is 4.31 Å². The van der Waals surface area contributed by atoms with E-state index >= 15 is 0 Å². The number of piperazine rings is 1. The van der Waals surface area contributed by atoms with E-state index < -0.39 is 21.8 Å². The fourth-order valence-corrected chi connectivity index (χ4v) is 4.85. The predicted octanol–water partition coefficient (Wildman–Crippen LogP) is 2.86. The fraction of sp³-hybridized carbons (Fsp3) is 0.316. The number of halogens is 3. The number of aromatic nitrogens is 2. The first-order valence-corrected chi connectivity index (χ1v) is 10.5. The van der Waals surface area contributed by atoms with E-state index in [4.69, 9.17) is 0 Å². The van der Waals surface area contributed by atoms with E-state index in [2.05, 4.69) is 9.88 Å². The van der Waals surface area contributed by atoms with Gasteiger partial charge in [-0.15, -0.1) is 0 Å². The van der Waals surface area contributed by atoms with Crippen LogP contribution in [0.25, 0.3) is 5.65 Å². The summed E-state index contributed by atoms with van der Waals surface area (Å²) in [6.07, 6.45) is -0.755. The molecule has 0 atom stereocenters. The van der Waals surface area contributed by atoms with Gasteiger partial charge in [0.05, 0.1) is 22.3 Å². The van der Waals surface area contributed by atoms with Crippen molar-refractivity contribution in [3.8, 4) is 0 Å². The maximum atomic E-state index is 12.8. The smallest absolute Gasteiger partial charge is 0.303 e. The van der Waals surface area contributed by atoms with Crippen molar-refractivity contribution in [3.05, 3.63) is 66.1 Å². The van der Waals surface area contributed by atoms with Crippen LogP contribution in [-0.4, -0.2) is 53.2 Å². The van der Waals surface area contributed by atoms with E-state index in [-0.39, 0.29) is 18.0 Å². The number of alkyl halides is 3. The molecule has 1 fully saturated rings. The van der Waals surface area contributed by atoms with Gasteiger partial charge in [-0.25, -0.2) is 13.4 Å². The van der Waals surface area contributed by atoms with Gasteiger partial charge in [0.2, 0.25) is 10.0 Å². The first-order valence-electron chi connectivity index (χ1n) is 9.06.